The first kappa shape index (κ1) is 17.0. The van der Waals surface area contributed by atoms with Crippen molar-refractivity contribution in [2.75, 3.05) is 6.54 Å². The third-order valence-corrected chi connectivity index (χ3v) is 3.74. The van der Waals surface area contributed by atoms with E-state index in [1.165, 1.54) is 0 Å². The number of benzene rings is 2. The van der Waals surface area contributed by atoms with E-state index in [4.69, 9.17) is 10.5 Å². The number of nitrogens with two attached hydrogens (primary N) is 1. The summed E-state index contributed by atoms with van der Waals surface area (Å²) in [5.74, 6) is 0.642. The molecule has 2 aromatic rings. The molecule has 4 nitrogen and oxygen atoms in total. The lowest BCUT2D eigenvalue weighted by Gasteiger charge is -2.14. The molecule has 0 saturated heterocycles. The second-order valence-electron chi connectivity index (χ2n) is 5.59. The normalized spacial score (nSPS) is 13.2. The summed E-state index contributed by atoms with van der Waals surface area (Å²) in [4.78, 5) is 12.2. The molecule has 2 atom stereocenters. The van der Waals surface area contributed by atoms with E-state index in [9.17, 15) is 4.79 Å². The van der Waals surface area contributed by atoms with Crippen LogP contribution in [-0.2, 0) is 0 Å². The van der Waals surface area contributed by atoms with Gasteiger partial charge < -0.3 is 15.8 Å². The monoisotopic (exact) mass is 312 g/mol. The minimum atomic E-state index is -0.215. The van der Waals surface area contributed by atoms with Gasteiger partial charge in [0, 0.05) is 18.2 Å². The Morgan fingerprint density at radius 3 is 2.39 bits per heavy atom. The first-order valence-corrected chi connectivity index (χ1v) is 7.95. The van der Waals surface area contributed by atoms with Crippen LogP contribution in [-0.4, -0.2) is 18.6 Å². The number of ether oxygens (including phenoxy) is 1. The van der Waals surface area contributed by atoms with Crippen LogP contribution in [0.4, 0.5) is 0 Å². The molecular formula is C19H24N2O2. The van der Waals surface area contributed by atoms with Gasteiger partial charge in [0.2, 0.25) is 0 Å². The molecule has 0 heterocycles. The topological polar surface area (TPSA) is 64.3 Å². The van der Waals surface area contributed by atoms with E-state index in [2.05, 4.69) is 12.2 Å². The molecule has 0 radical (unpaired) electrons. The fourth-order valence-corrected chi connectivity index (χ4v) is 2.12. The zero-order chi connectivity index (χ0) is 16.7. The van der Waals surface area contributed by atoms with Gasteiger partial charge >= 0.3 is 0 Å². The minimum Gasteiger partial charge on any atom is -0.491 e. The molecule has 2 aromatic carbocycles. The summed E-state index contributed by atoms with van der Waals surface area (Å²) in [6.07, 6.45) is 1.11. The van der Waals surface area contributed by atoms with Gasteiger partial charge in [-0.05, 0) is 43.2 Å². The van der Waals surface area contributed by atoms with Crippen LogP contribution in [0.5, 0.6) is 5.75 Å². The lowest BCUT2D eigenvalue weighted by atomic mass is 10.1. The van der Waals surface area contributed by atoms with Crippen molar-refractivity contribution in [1.82, 2.24) is 5.32 Å². The van der Waals surface area contributed by atoms with Gasteiger partial charge in [-0.2, -0.15) is 0 Å². The standard InChI is InChI=1S/C19H24N2O2/c1-3-14(2)23-17-11-9-16(10-12-17)19(22)21-13-18(20)15-7-5-4-6-8-15/h4-12,14,18H,3,13,20H2,1-2H3,(H,21,22). The highest BCUT2D eigenvalue weighted by atomic mass is 16.5. The van der Waals surface area contributed by atoms with Gasteiger partial charge in [-0.3, -0.25) is 4.79 Å². The summed E-state index contributed by atoms with van der Waals surface area (Å²) in [6, 6.07) is 16.7. The molecule has 0 bridgehead atoms. The van der Waals surface area contributed by atoms with Crippen molar-refractivity contribution >= 4 is 5.91 Å². The quantitative estimate of drug-likeness (QED) is 0.824. The number of hydrogen-bond donors (Lipinski definition) is 2. The highest BCUT2D eigenvalue weighted by Gasteiger charge is 2.10. The van der Waals surface area contributed by atoms with Crippen molar-refractivity contribution in [2.24, 2.45) is 5.73 Å². The molecule has 23 heavy (non-hydrogen) atoms. The summed E-state index contributed by atoms with van der Waals surface area (Å²) >= 11 is 0. The third kappa shape index (κ3) is 5.11. The molecule has 2 unspecified atom stereocenters. The molecular weight excluding hydrogens is 288 g/mol. The summed E-state index contributed by atoms with van der Waals surface area (Å²) in [5.41, 5.74) is 7.68. The molecule has 0 aliphatic rings. The predicted octanol–water partition coefficient (Wildman–Crippen LogP) is 3.29. The van der Waals surface area contributed by atoms with E-state index >= 15 is 0 Å². The third-order valence-electron chi connectivity index (χ3n) is 3.74. The van der Waals surface area contributed by atoms with Crippen LogP contribution < -0.4 is 15.8 Å². The second kappa shape index (κ2) is 8.34. The van der Waals surface area contributed by atoms with Crippen LogP contribution in [0.25, 0.3) is 0 Å². The molecule has 0 aliphatic carbocycles. The van der Waals surface area contributed by atoms with Gasteiger partial charge in [-0.1, -0.05) is 37.3 Å². The van der Waals surface area contributed by atoms with E-state index in [1.54, 1.807) is 12.1 Å². The molecule has 0 aliphatic heterocycles. The molecule has 0 fully saturated rings. The Bertz CT molecular complexity index is 611. The maximum Gasteiger partial charge on any atom is 0.251 e. The maximum atomic E-state index is 12.2. The minimum absolute atomic E-state index is 0.133. The Morgan fingerprint density at radius 1 is 1.13 bits per heavy atom. The van der Waals surface area contributed by atoms with Gasteiger partial charge in [0.15, 0.2) is 0 Å². The molecule has 0 aromatic heterocycles. The van der Waals surface area contributed by atoms with Gasteiger partial charge in [-0.15, -0.1) is 0 Å². The lowest BCUT2D eigenvalue weighted by Crippen LogP contribution is -2.31. The van der Waals surface area contributed by atoms with E-state index in [0.717, 1.165) is 17.7 Å². The largest absolute Gasteiger partial charge is 0.491 e. The first-order chi connectivity index (χ1) is 11.1. The van der Waals surface area contributed by atoms with E-state index < -0.39 is 0 Å². The molecule has 2 rings (SSSR count). The Morgan fingerprint density at radius 2 is 1.78 bits per heavy atom. The summed E-state index contributed by atoms with van der Waals surface area (Å²) < 4.78 is 5.70. The Kier molecular flexibility index (Phi) is 6.18. The van der Waals surface area contributed by atoms with E-state index in [1.807, 2.05) is 49.4 Å². The zero-order valence-electron chi connectivity index (χ0n) is 13.7. The number of carbonyl (C=O) groups is 1. The van der Waals surface area contributed by atoms with Gasteiger partial charge in [0.1, 0.15) is 5.75 Å². The summed E-state index contributed by atoms with van der Waals surface area (Å²) in [5, 5.41) is 2.86. The Balaban J connectivity index is 1.88. The fourth-order valence-electron chi connectivity index (χ4n) is 2.12. The van der Waals surface area contributed by atoms with E-state index in [-0.39, 0.29) is 18.1 Å². The second-order valence-corrected chi connectivity index (χ2v) is 5.59. The number of carbonyl (C=O) groups excluding carboxylic acids is 1. The molecule has 4 heteroatoms. The molecule has 1 amide bonds. The molecule has 3 N–H and O–H groups in total. The smallest absolute Gasteiger partial charge is 0.251 e. The van der Waals surface area contributed by atoms with Crippen molar-refractivity contribution in [2.45, 2.75) is 32.4 Å². The van der Waals surface area contributed by atoms with Crippen LogP contribution in [0.15, 0.2) is 54.6 Å². The first-order valence-electron chi connectivity index (χ1n) is 7.95. The predicted molar refractivity (Wildman–Crippen MR) is 92.5 cm³/mol. The number of nitrogens with one attached hydrogen (secondary N) is 1. The van der Waals surface area contributed by atoms with Crippen LogP contribution in [0.1, 0.15) is 42.2 Å². The van der Waals surface area contributed by atoms with Crippen molar-refractivity contribution < 1.29 is 9.53 Å². The number of rotatable bonds is 7. The summed E-state index contributed by atoms with van der Waals surface area (Å²) in [7, 11) is 0. The van der Waals surface area contributed by atoms with Gasteiger partial charge in [0.25, 0.3) is 5.91 Å². The fraction of sp³-hybridized carbons (Fsp3) is 0.316. The van der Waals surface area contributed by atoms with Crippen LogP contribution in [0.3, 0.4) is 0 Å². The zero-order valence-corrected chi connectivity index (χ0v) is 13.7. The van der Waals surface area contributed by atoms with Gasteiger partial charge in [-0.25, -0.2) is 0 Å². The molecule has 122 valence electrons. The molecule has 0 saturated carbocycles. The average Bonchev–Trinajstić information content (AvgIpc) is 2.60. The number of amides is 1. The van der Waals surface area contributed by atoms with Gasteiger partial charge in [0.05, 0.1) is 6.10 Å². The lowest BCUT2D eigenvalue weighted by molar-refractivity contribution is 0.0951. The van der Waals surface area contributed by atoms with Crippen molar-refractivity contribution in [3.8, 4) is 5.75 Å². The average molecular weight is 312 g/mol. The molecule has 0 spiro atoms. The van der Waals surface area contributed by atoms with E-state index in [0.29, 0.717) is 12.1 Å². The van der Waals surface area contributed by atoms with Crippen molar-refractivity contribution in [3.05, 3.63) is 65.7 Å². The van der Waals surface area contributed by atoms with Crippen molar-refractivity contribution in [1.29, 1.82) is 0 Å². The SMILES string of the molecule is CCC(C)Oc1ccc(C(=O)NCC(N)c2ccccc2)cc1. The van der Waals surface area contributed by atoms with Crippen molar-refractivity contribution in [3.63, 3.8) is 0 Å². The number of hydrogen-bond acceptors (Lipinski definition) is 3. The summed E-state index contributed by atoms with van der Waals surface area (Å²) in [6.45, 7) is 4.49. The van der Waals surface area contributed by atoms with Crippen LogP contribution >= 0.6 is 0 Å². The Labute approximate surface area is 137 Å². The highest BCUT2D eigenvalue weighted by molar-refractivity contribution is 5.94. The van der Waals surface area contributed by atoms with Crippen LogP contribution in [0.2, 0.25) is 0 Å². The Hall–Kier alpha value is -2.33. The van der Waals surface area contributed by atoms with Crippen LogP contribution in [0, 0.1) is 0 Å². The maximum absolute atomic E-state index is 12.2. The highest BCUT2D eigenvalue weighted by Crippen LogP contribution is 2.15.